The zero-order chi connectivity index (χ0) is 15.1. The predicted molar refractivity (Wildman–Crippen MR) is 86.7 cm³/mol. The molecule has 2 rings (SSSR count). The van der Waals surface area contributed by atoms with Gasteiger partial charge in [-0.1, -0.05) is 37.3 Å². The van der Waals surface area contributed by atoms with Gasteiger partial charge < -0.3 is 10.6 Å². The lowest BCUT2D eigenvalue weighted by molar-refractivity contribution is 0.236. The number of rotatable bonds is 6. The number of carbonyl (C=O) groups is 1. The monoisotopic (exact) mass is 303 g/mol. The summed E-state index contributed by atoms with van der Waals surface area (Å²) in [7, 11) is 0. The van der Waals surface area contributed by atoms with Crippen LogP contribution in [0.1, 0.15) is 30.3 Å². The summed E-state index contributed by atoms with van der Waals surface area (Å²) in [6.07, 6.45) is 2.55. The van der Waals surface area contributed by atoms with E-state index < -0.39 is 0 Å². The summed E-state index contributed by atoms with van der Waals surface area (Å²) >= 11 is 1.61. The molecule has 1 aromatic carbocycles. The maximum atomic E-state index is 11.9. The fraction of sp³-hybridized carbons (Fsp3) is 0.375. The Morgan fingerprint density at radius 2 is 2.05 bits per heavy atom. The fourth-order valence-corrected chi connectivity index (χ4v) is 2.71. The molecule has 0 bridgehead atoms. The Morgan fingerprint density at radius 1 is 1.29 bits per heavy atom. The van der Waals surface area contributed by atoms with Crippen molar-refractivity contribution >= 4 is 17.4 Å². The first-order valence-corrected chi connectivity index (χ1v) is 8.02. The van der Waals surface area contributed by atoms with E-state index in [0.29, 0.717) is 6.54 Å². The van der Waals surface area contributed by atoms with Crippen LogP contribution in [0.25, 0.3) is 0 Å². The highest BCUT2D eigenvalue weighted by atomic mass is 32.1. The first kappa shape index (κ1) is 15.5. The van der Waals surface area contributed by atoms with Crippen LogP contribution >= 0.6 is 11.3 Å². The molecule has 0 spiro atoms. The van der Waals surface area contributed by atoms with Gasteiger partial charge in [-0.2, -0.15) is 0 Å². The Bertz CT molecular complexity index is 542. The average Bonchev–Trinajstić information content (AvgIpc) is 3.00. The van der Waals surface area contributed by atoms with Gasteiger partial charge in [0.1, 0.15) is 0 Å². The quantitative estimate of drug-likeness (QED) is 0.861. The van der Waals surface area contributed by atoms with E-state index >= 15 is 0 Å². The molecule has 2 amide bonds. The second-order valence-corrected chi connectivity index (χ2v) is 6.04. The van der Waals surface area contributed by atoms with Crippen molar-refractivity contribution in [1.82, 2.24) is 15.6 Å². The molecule has 2 atom stereocenters. The Hall–Kier alpha value is -1.88. The lowest BCUT2D eigenvalue weighted by Gasteiger charge is -2.22. The Labute approximate surface area is 129 Å². The van der Waals surface area contributed by atoms with Gasteiger partial charge in [0.25, 0.3) is 0 Å². The van der Waals surface area contributed by atoms with Gasteiger partial charge >= 0.3 is 6.03 Å². The summed E-state index contributed by atoms with van der Waals surface area (Å²) in [4.78, 5) is 16.1. The van der Waals surface area contributed by atoms with Gasteiger partial charge in [-0.3, -0.25) is 0 Å². The third-order valence-corrected chi connectivity index (χ3v) is 4.38. The Morgan fingerprint density at radius 3 is 2.71 bits per heavy atom. The predicted octanol–water partition coefficient (Wildman–Crippen LogP) is 3.18. The molecule has 1 heterocycles. The number of amides is 2. The van der Waals surface area contributed by atoms with E-state index in [1.165, 1.54) is 5.56 Å². The van der Waals surface area contributed by atoms with Crippen molar-refractivity contribution in [2.45, 2.75) is 32.2 Å². The largest absolute Gasteiger partial charge is 0.338 e. The molecule has 0 saturated carbocycles. The Kier molecular flexibility index (Phi) is 5.75. The molecule has 0 aliphatic heterocycles. The van der Waals surface area contributed by atoms with Gasteiger partial charge in [0.05, 0.1) is 5.01 Å². The van der Waals surface area contributed by atoms with E-state index in [-0.39, 0.29) is 18.0 Å². The molecule has 2 N–H and O–H groups in total. The van der Waals surface area contributed by atoms with Crippen LogP contribution < -0.4 is 10.6 Å². The normalized spacial score (nSPS) is 13.4. The molecular formula is C16H21N3OS. The van der Waals surface area contributed by atoms with Gasteiger partial charge in [-0.15, -0.1) is 11.3 Å². The number of hydrogen-bond acceptors (Lipinski definition) is 3. The number of hydrogen-bond donors (Lipinski definition) is 2. The molecule has 4 nitrogen and oxygen atoms in total. The van der Waals surface area contributed by atoms with Gasteiger partial charge in [0.2, 0.25) is 0 Å². The summed E-state index contributed by atoms with van der Waals surface area (Å²) in [6.45, 7) is 4.75. The number of nitrogens with zero attached hydrogens (tertiary/aromatic N) is 1. The summed E-state index contributed by atoms with van der Waals surface area (Å²) in [6, 6.07) is 10.2. The maximum Gasteiger partial charge on any atom is 0.315 e. The second-order valence-electron chi connectivity index (χ2n) is 5.06. The lowest BCUT2D eigenvalue weighted by Crippen LogP contribution is -2.43. The number of benzene rings is 1. The minimum atomic E-state index is -0.123. The summed E-state index contributed by atoms with van der Waals surface area (Å²) < 4.78 is 0. The van der Waals surface area contributed by atoms with Crippen LogP contribution in [0.2, 0.25) is 0 Å². The molecule has 0 aliphatic carbocycles. The van der Waals surface area contributed by atoms with Crippen LogP contribution in [0.15, 0.2) is 41.9 Å². The van der Waals surface area contributed by atoms with Gasteiger partial charge in [0, 0.05) is 36.5 Å². The van der Waals surface area contributed by atoms with Gasteiger partial charge in [0.15, 0.2) is 0 Å². The van der Waals surface area contributed by atoms with E-state index in [1.54, 1.807) is 17.5 Å². The van der Waals surface area contributed by atoms with Crippen molar-refractivity contribution < 1.29 is 4.79 Å². The molecule has 112 valence electrons. The average molecular weight is 303 g/mol. The van der Waals surface area contributed by atoms with Crippen LogP contribution in [-0.2, 0) is 6.42 Å². The molecule has 1 aromatic heterocycles. The van der Waals surface area contributed by atoms with Crippen molar-refractivity contribution in [2.75, 3.05) is 6.54 Å². The highest BCUT2D eigenvalue weighted by Crippen LogP contribution is 2.18. The van der Waals surface area contributed by atoms with E-state index in [0.717, 1.165) is 11.4 Å². The zero-order valence-electron chi connectivity index (χ0n) is 12.4. The van der Waals surface area contributed by atoms with Crippen LogP contribution in [-0.4, -0.2) is 23.6 Å². The summed E-state index contributed by atoms with van der Waals surface area (Å²) in [5.74, 6) is 0.274. The maximum absolute atomic E-state index is 11.9. The van der Waals surface area contributed by atoms with E-state index in [2.05, 4.69) is 34.7 Å². The van der Waals surface area contributed by atoms with E-state index in [1.807, 2.05) is 30.5 Å². The number of thiazole rings is 1. The van der Waals surface area contributed by atoms with Crippen LogP contribution in [0.4, 0.5) is 4.79 Å². The minimum Gasteiger partial charge on any atom is -0.338 e. The molecule has 5 heteroatoms. The highest BCUT2D eigenvalue weighted by molar-refractivity contribution is 7.09. The Balaban J connectivity index is 1.74. The zero-order valence-corrected chi connectivity index (χ0v) is 13.2. The van der Waals surface area contributed by atoms with E-state index in [9.17, 15) is 4.79 Å². The van der Waals surface area contributed by atoms with Gasteiger partial charge in [-0.05, 0) is 12.5 Å². The van der Waals surface area contributed by atoms with Crippen LogP contribution in [0.5, 0.6) is 0 Å². The number of aromatic nitrogens is 1. The van der Waals surface area contributed by atoms with E-state index in [4.69, 9.17) is 0 Å². The lowest BCUT2D eigenvalue weighted by atomic mass is 9.95. The fourth-order valence-electron chi connectivity index (χ4n) is 2.09. The van der Waals surface area contributed by atoms with Crippen molar-refractivity contribution in [3.63, 3.8) is 0 Å². The van der Waals surface area contributed by atoms with Gasteiger partial charge in [-0.25, -0.2) is 9.78 Å². The van der Waals surface area contributed by atoms with Crippen molar-refractivity contribution in [3.8, 4) is 0 Å². The molecule has 2 aromatic rings. The van der Waals surface area contributed by atoms with Crippen molar-refractivity contribution in [3.05, 3.63) is 52.5 Å². The minimum absolute atomic E-state index is 0.0762. The SMILES string of the molecule is C[C@@H](NC(=O)NCCc1nccs1)[C@@H](C)c1ccccc1. The topological polar surface area (TPSA) is 54.0 Å². The second kappa shape index (κ2) is 7.78. The smallest absolute Gasteiger partial charge is 0.315 e. The molecule has 0 aliphatic rings. The molecule has 0 radical (unpaired) electrons. The summed E-state index contributed by atoms with van der Waals surface area (Å²) in [5, 5.41) is 8.85. The van der Waals surface area contributed by atoms with Crippen molar-refractivity contribution in [2.24, 2.45) is 0 Å². The standard InChI is InChI=1S/C16H21N3OS/c1-12(14-6-4-3-5-7-14)13(2)19-16(20)18-9-8-15-17-10-11-21-15/h3-7,10-13H,8-9H2,1-2H3,(H2,18,19,20)/t12-,13-/m1/s1. The third kappa shape index (κ3) is 4.86. The van der Waals surface area contributed by atoms with Crippen molar-refractivity contribution in [1.29, 1.82) is 0 Å². The van der Waals surface area contributed by atoms with Crippen LogP contribution in [0, 0.1) is 0 Å². The molecular weight excluding hydrogens is 282 g/mol. The first-order valence-electron chi connectivity index (χ1n) is 7.14. The first-order chi connectivity index (χ1) is 10.2. The molecule has 21 heavy (non-hydrogen) atoms. The number of carbonyl (C=O) groups excluding carboxylic acids is 1. The molecule has 0 unspecified atom stereocenters. The van der Waals surface area contributed by atoms with Crippen LogP contribution in [0.3, 0.4) is 0 Å². The molecule has 0 saturated heterocycles. The number of nitrogens with one attached hydrogen (secondary N) is 2. The third-order valence-electron chi connectivity index (χ3n) is 3.54. The number of urea groups is 1. The highest BCUT2D eigenvalue weighted by Gasteiger charge is 2.16. The summed E-state index contributed by atoms with van der Waals surface area (Å²) in [5.41, 5.74) is 1.23. The molecule has 0 fully saturated rings.